The minimum Gasteiger partial charge on any atom is -0.497 e. The summed E-state index contributed by atoms with van der Waals surface area (Å²) in [5.41, 5.74) is 7.58. The summed E-state index contributed by atoms with van der Waals surface area (Å²) < 4.78 is 10.3. The fraction of sp³-hybridized carbons (Fsp3) is 0.200. The fourth-order valence-electron chi connectivity index (χ4n) is 1.76. The molecule has 0 unspecified atom stereocenters. The zero-order valence-electron chi connectivity index (χ0n) is 12.0. The number of guanidine groups is 1. The normalized spacial score (nSPS) is 11.0. The number of ether oxygens (including phenoxy) is 2. The Kier molecular flexibility index (Phi) is 4.98. The molecule has 0 saturated heterocycles. The number of methoxy groups -OCH3 is 2. The maximum atomic E-state index is 5.86. The van der Waals surface area contributed by atoms with Crippen molar-refractivity contribution in [3.05, 3.63) is 48.2 Å². The van der Waals surface area contributed by atoms with E-state index in [4.69, 9.17) is 15.2 Å². The topological polar surface area (TPSA) is 81.8 Å². The Morgan fingerprint density at radius 2 is 1.95 bits per heavy atom. The quantitative estimate of drug-likeness (QED) is 0.649. The van der Waals surface area contributed by atoms with Crippen LogP contribution in [0.4, 0.5) is 5.69 Å². The molecule has 0 atom stereocenters. The maximum absolute atomic E-state index is 5.86. The third-order valence-corrected chi connectivity index (χ3v) is 2.83. The van der Waals surface area contributed by atoms with Crippen molar-refractivity contribution in [1.82, 2.24) is 4.98 Å². The number of nitrogens with one attached hydrogen (secondary N) is 1. The summed E-state index contributed by atoms with van der Waals surface area (Å²) in [6.45, 7) is 0.395. The van der Waals surface area contributed by atoms with E-state index in [1.165, 1.54) is 0 Å². The summed E-state index contributed by atoms with van der Waals surface area (Å²) in [7, 11) is 3.20. The number of nitrogens with zero attached hydrogens (tertiary/aromatic N) is 2. The Morgan fingerprint density at radius 3 is 2.62 bits per heavy atom. The first kappa shape index (κ1) is 14.6. The highest BCUT2D eigenvalue weighted by Gasteiger charge is 2.02. The van der Waals surface area contributed by atoms with Crippen molar-refractivity contribution in [3.63, 3.8) is 0 Å². The van der Waals surface area contributed by atoms with E-state index in [1.54, 1.807) is 20.4 Å². The summed E-state index contributed by atoms with van der Waals surface area (Å²) in [4.78, 5) is 8.38. The second-order valence-corrected chi connectivity index (χ2v) is 4.23. The molecule has 1 heterocycles. The van der Waals surface area contributed by atoms with Crippen LogP contribution in [0.25, 0.3) is 0 Å². The van der Waals surface area contributed by atoms with Gasteiger partial charge in [0, 0.05) is 17.4 Å². The Balaban J connectivity index is 2.00. The summed E-state index contributed by atoms with van der Waals surface area (Å²) in [6.07, 6.45) is 1.67. The molecule has 21 heavy (non-hydrogen) atoms. The van der Waals surface area contributed by atoms with E-state index in [1.807, 2.05) is 36.4 Å². The number of anilines is 1. The summed E-state index contributed by atoms with van der Waals surface area (Å²) in [5, 5.41) is 3.01. The van der Waals surface area contributed by atoms with Gasteiger partial charge in [-0.15, -0.1) is 0 Å². The van der Waals surface area contributed by atoms with Crippen molar-refractivity contribution < 1.29 is 9.47 Å². The molecule has 0 fully saturated rings. The molecule has 0 radical (unpaired) electrons. The summed E-state index contributed by atoms with van der Waals surface area (Å²) >= 11 is 0. The van der Waals surface area contributed by atoms with Gasteiger partial charge in [0.15, 0.2) is 5.96 Å². The van der Waals surface area contributed by atoms with E-state index in [-0.39, 0.29) is 0 Å². The van der Waals surface area contributed by atoms with Gasteiger partial charge in [-0.1, -0.05) is 6.07 Å². The molecule has 1 aromatic heterocycles. The van der Waals surface area contributed by atoms with Crippen molar-refractivity contribution in [2.45, 2.75) is 6.54 Å². The minimum absolute atomic E-state index is 0.325. The number of hydrogen-bond acceptors (Lipinski definition) is 4. The zero-order chi connectivity index (χ0) is 15.1. The number of aliphatic imine (C=N–C) groups is 1. The lowest BCUT2D eigenvalue weighted by molar-refractivity contribution is 0.392. The van der Waals surface area contributed by atoms with Crippen LogP contribution in [0.5, 0.6) is 11.6 Å². The van der Waals surface area contributed by atoms with E-state index in [2.05, 4.69) is 15.3 Å². The van der Waals surface area contributed by atoms with Gasteiger partial charge < -0.3 is 20.5 Å². The Labute approximate surface area is 123 Å². The average molecular weight is 286 g/mol. The average Bonchev–Trinajstić information content (AvgIpc) is 2.54. The van der Waals surface area contributed by atoms with Crippen LogP contribution in [-0.2, 0) is 6.54 Å². The predicted molar refractivity (Wildman–Crippen MR) is 82.7 cm³/mol. The number of aromatic nitrogens is 1. The highest BCUT2D eigenvalue weighted by molar-refractivity contribution is 5.92. The lowest BCUT2D eigenvalue weighted by Gasteiger charge is -2.07. The fourth-order valence-corrected chi connectivity index (χ4v) is 1.76. The Hall–Kier alpha value is -2.76. The molecule has 6 heteroatoms. The van der Waals surface area contributed by atoms with E-state index >= 15 is 0 Å². The first-order chi connectivity index (χ1) is 10.2. The number of hydrogen-bond donors (Lipinski definition) is 2. The first-order valence-corrected chi connectivity index (χ1v) is 6.42. The van der Waals surface area contributed by atoms with E-state index in [0.29, 0.717) is 18.4 Å². The van der Waals surface area contributed by atoms with Crippen LogP contribution in [0.15, 0.2) is 47.6 Å². The predicted octanol–water partition coefficient (Wildman–Crippen LogP) is 2.03. The van der Waals surface area contributed by atoms with E-state index < -0.39 is 0 Å². The monoisotopic (exact) mass is 286 g/mol. The molecule has 0 amide bonds. The van der Waals surface area contributed by atoms with Crippen LogP contribution in [0, 0.1) is 0 Å². The van der Waals surface area contributed by atoms with E-state index in [9.17, 15) is 0 Å². The van der Waals surface area contributed by atoms with Crippen molar-refractivity contribution in [1.29, 1.82) is 0 Å². The maximum Gasteiger partial charge on any atom is 0.218 e. The Morgan fingerprint density at radius 1 is 1.19 bits per heavy atom. The molecule has 6 nitrogen and oxygen atoms in total. The molecular weight excluding hydrogens is 268 g/mol. The van der Waals surface area contributed by atoms with Gasteiger partial charge in [0.1, 0.15) is 5.75 Å². The van der Waals surface area contributed by atoms with Gasteiger partial charge in [0.25, 0.3) is 0 Å². The minimum atomic E-state index is 0.325. The molecule has 0 aliphatic carbocycles. The van der Waals surface area contributed by atoms with Crippen molar-refractivity contribution in [2.24, 2.45) is 10.7 Å². The standard InChI is InChI=1S/C15H18N4O2/c1-20-13-7-5-12(6-8-13)19-15(16)18-10-11-4-3-9-17-14(11)21-2/h3-9H,10H2,1-2H3,(H3,16,18,19). The molecule has 110 valence electrons. The highest BCUT2D eigenvalue weighted by Crippen LogP contribution is 2.16. The van der Waals surface area contributed by atoms with Gasteiger partial charge in [0.2, 0.25) is 5.88 Å². The van der Waals surface area contributed by atoms with Crippen LogP contribution < -0.4 is 20.5 Å². The molecule has 0 aliphatic heterocycles. The van der Waals surface area contributed by atoms with Crippen LogP contribution in [0.3, 0.4) is 0 Å². The van der Waals surface area contributed by atoms with Gasteiger partial charge in [-0.05, 0) is 30.3 Å². The lowest BCUT2D eigenvalue weighted by Crippen LogP contribution is -2.22. The van der Waals surface area contributed by atoms with Crippen molar-refractivity contribution >= 4 is 11.6 Å². The van der Waals surface area contributed by atoms with Crippen LogP contribution in [-0.4, -0.2) is 25.2 Å². The van der Waals surface area contributed by atoms with Gasteiger partial charge in [-0.3, -0.25) is 0 Å². The molecule has 1 aromatic carbocycles. The Bertz CT molecular complexity index is 611. The smallest absolute Gasteiger partial charge is 0.218 e. The molecular formula is C15H18N4O2. The number of benzene rings is 1. The van der Waals surface area contributed by atoms with Gasteiger partial charge in [0.05, 0.1) is 20.8 Å². The molecule has 2 aromatic rings. The van der Waals surface area contributed by atoms with Crippen LogP contribution in [0.2, 0.25) is 0 Å². The van der Waals surface area contributed by atoms with Crippen molar-refractivity contribution in [3.8, 4) is 11.6 Å². The second-order valence-electron chi connectivity index (χ2n) is 4.23. The largest absolute Gasteiger partial charge is 0.497 e. The van der Waals surface area contributed by atoms with Crippen LogP contribution >= 0.6 is 0 Å². The number of pyridine rings is 1. The molecule has 0 aliphatic rings. The first-order valence-electron chi connectivity index (χ1n) is 6.42. The lowest BCUT2D eigenvalue weighted by atomic mass is 10.3. The summed E-state index contributed by atoms with van der Waals surface area (Å²) in [6, 6.07) is 11.2. The third kappa shape index (κ3) is 4.10. The van der Waals surface area contributed by atoms with E-state index in [0.717, 1.165) is 17.0 Å². The second kappa shape index (κ2) is 7.14. The number of nitrogens with two attached hydrogens (primary N) is 1. The SMILES string of the molecule is COc1ccc(NC(N)=NCc2cccnc2OC)cc1. The van der Waals surface area contributed by atoms with Gasteiger partial charge >= 0.3 is 0 Å². The van der Waals surface area contributed by atoms with Gasteiger partial charge in [-0.25, -0.2) is 9.98 Å². The molecule has 0 bridgehead atoms. The van der Waals surface area contributed by atoms with Gasteiger partial charge in [-0.2, -0.15) is 0 Å². The van der Waals surface area contributed by atoms with Crippen LogP contribution in [0.1, 0.15) is 5.56 Å². The zero-order valence-corrected chi connectivity index (χ0v) is 12.0. The highest BCUT2D eigenvalue weighted by atomic mass is 16.5. The molecule has 0 saturated carbocycles. The summed E-state index contributed by atoms with van der Waals surface area (Å²) in [5.74, 6) is 1.67. The molecule has 3 N–H and O–H groups in total. The third-order valence-electron chi connectivity index (χ3n) is 2.83. The number of rotatable bonds is 5. The van der Waals surface area contributed by atoms with Crippen molar-refractivity contribution in [2.75, 3.05) is 19.5 Å². The molecule has 2 rings (SSSR count). The molecule has 0 spiro atoms.